The fourth-order valence-corrected chi connectivity index (χ4v) is 6.00. The Morgan fingerprint density at radius 3 is 2.07 bits per heavy atom. The number of rotatable bonds is 3. The van der Waals surface area contributed by atoms with Crippen molar-refractivity contribution in [2.75, 3.05) is 0 Å². The minimum absolute atomic E-state index is 0. The van der Waals surface area contributed by atoms with Gasteiger partial charge in [-0.05, 0) is 35.7 Å². The molecule has 0 amide bonds. The number of imidazole rings is 1. The molecule has 8 rings (SSSR count). The Bertz CT molecular complexity index is 1950. The van der Waals surface area contributed by atoms with Crippen molar-refractivity contribution < 1.29 is 25.6 Å². The second-order valence-electron chi connectivity index (χ2n) is 10.7. The molecule has 43 heavy (non-hydrogen) atoms. The molecule has 0 saturated carbocycles. The van der Waals surface area contributed by atoms with Gasteiger partial charge < -0.3 is 4.57 Å². The summed E-state index contributed by atoms with van der Waals surface area (Å²) in [7, 11) is 0. The van der Waals surface area contributed by atoms with Crippen LogP contribution in [-0.2, 0) is 26.5 Å². The molecule has 1 atom stereocenters. The summed E-state index contributed by atoms with van der Waals surface area (Å²) in [6.07, 6.45) is 3.44. The van der Waals surface area contributed by atoms with Gasteiger partial charge in [0.2, 0.25) is 0 Å². The van der Waals surface area contributed by atoms with E-state index in [4.69, 9.17) is 0 Å². The summed E-state index contributed by atoms with van der Waals surface area (Å²) in [6.45, 7) is 4.38. The van der Waals surface area contributed by atoms with Gasteiger partial charge in [-0.3, -0.25) is 4.57 Å². The average Bonchev–Trinajstić information content (AvgIpc) is 3.57. The summed E-state index contributed by atoms with van der Waals surface area (Å²) in [5, 5.41) is 0. The van der Waals surface area contributed by atoms with Crippen LogP contribution in [0, 0.1) is 31.5 Å². The van der Waals surface area contributed by atoms with Gasteiger partial charge in [0.1, 0.15) is 0 Å². The number of fused-ring (bicyclic) bond motifs is 4. The zero-order chi connectivity index (χ0) is 28.5. The molecule has 0 aliphatic heterocycles. The average molecular weight is 733 g/mol. The molecule has 208 valence electrons. The third-order valence-corrected chi connectivity index (χ3v) is 8.15. The van der Waals surface area contributed by atoms with E-state index in [-0.39, 0.29) is 26.5 Å². The fourth-order valence-electron chi connectivity index (χ4n) is 6.00. The van der Waals surface area contributed by atoms with Crippen molar-refractivity contribution in [3.63, 3.8) is 0 Å². The molecule has 1 heterocycles. The first-order valence-corrected chi connectivity index (χ1v) is 14.2. The fraction of sp³-hybridized carbons (Fsp3) is 0.0750. The zero-order valence-corrected chi connectivity index (χ0v) is 26.3. The second-order valence-corrected chi connectivity index (χ2v) is 10.7. The molecule has 0 radical (unpaired) electrons. The first-order chi connectivity index (χ1) is 20.6. The maximum Gasteiger partial charge on any atom is 4.00 e. The Balaban J connectivity index is 0.000000150. The number of aromatic nitrogens is 2. The molecular formula is C40H29N2Pt+. The topological polar surface area (TPSA) is 8.81 Å². The Kier molecular flexibility index (Phi) is 7.98. The Labute approximate surface area is 268 Å². The Morgan fingerprint density at radius 2 is 1.30 bits per heavy atom. The van der Waals surface area contributed by atoms with Gasteiger partial charge in [0, 0.05) is 0 Å². The molecule has 0 N–H and O–H groups in total. The van der Waals surface area contributed by atoms with Crippen LogP contribution in [0.4, 0.5) is 0 Å². The van der Waals surface area contributed by atoms with Crippen molar-refractivity contribution in [2.24, 2.45) is 0 Å². The number of nitrogens with zero attached hydrogens (tertiary/aromatic N) is 2. The van der Waals surface area contributed by atoms with Crippen molar-refractivity contribution in [2.45, 2.75) is 19.3 Å². The van der Waals surface area contributed by atoms with E-state index in [2.05, 4.69) is 145 Å². The van der Waals surface area contributed by atoms with Gasteiger partial charge in [0.15, 0.2) is 0 Å². The number of hydrogen-bond donors (Lipinski definition) is 0. The van der Waals surface area contributed by atoms with Crippen LogP contribution in [0.15, 0.2) is 140 Å². The van der Waals surface area contributed by atoms with Crippen LogP contribution in [0.2, 0.25) is 0 Å². The summed E-state index contributed by atoms with van der Waals surface area (Å²) in [6, 6.07) is 58.1. The van der Waals surface area contributed by atoms with Crippen LogP contribution in [0.5, 0.6) is 0 Å². The monoisotopic (exact) mass is 732 g/mol. The minimum Gasteiger partial charge on any atom is -0.315 e. The van der Waals surface area contributed by atoms with E-state index in [0.29, 0.717) is 0 Å². The maximum atomic E-state index is 3.46. The Morgan fingerprint density at radius 1 is 0.628 bits per heavy atom. The third kappa shape index (κ3) is 5.07. The summed E-state index contributed by atoms with van der Waals surface area (Å²) in [4.78, 5) is 0. The van der Waals surface area contributed by atoms with Gasteiger partial charge in [-0.15, -0.1) is 16.7 Å². The predicted octanol–water partition coefficient (Wildman–Crippen LogP) is 8.44. The van der Waals surface area contributed by atoms with Gasteiger partial charge in [-0.1, -0.05) is 78.7 Å². The first kappa shape index (κ1) is 28.6. The van der Waals surface area contributed by atoms with Crippen molar-refractivity contribution in [1.82, 2.24) is 4.57 Å². The van der Waals surface area contributed by atoms with E-state index in [9.17, 15) is 0 Å². The molecule has 0 spiro atoms. The van der Waals surface area contributed by atoms with Gasteiger partial charge in [-0.2, -0.15) is 84.9 Å². The van der Waals surface area contributed by atoms with Crippen LogP contribution >= 0.6 is 0 Å². The molecule has 3 heteroatoms. The van der Waals surface area contributed by atoms with E-state index in [1.54, 1.807) is 0 Å². The van der Waals surface area contributed by atoms with E-state index < -0.39 is 0 Å². The molecule has 1 aliphatic rings. The van der Waals surface area contributed by atoms with Gasteiger partial charge >= 0.3 is 21.1 Å². The van der Waals surface area contributed by atoms with Crippen LogP contribution in [0.3, 0.4) is 0 Å². The van der Waals surface area contributed by atoms with Crippen LogP contribution in [-0.4, -0.2) is 4.57 Å². The molecule has 1 aliphatic carbocycles. The quantitative estimate of drug-likeness (QED) is 0.128. The van der Waals surface area contributed by atoms with E-state index >= 15 is 0 Å². The number of aryl methyl sites for hydroxylation is 1. The van der Waals surface area contributed by atoms with Gasteiger partial charge in [0.05, 0.1) is 16.7 Å². The maximum absolute atomic E-state index is 3.46. The SMILES string of the molecule is CC1(c2[c-]cccc2)c2[c-]cccc2-c2ccccc21.Cc1ccc(-[n+]2[c-]n(-c3[c-]cccc3)c3ccccc32)cc1.[Pt+4]. The van der Waals surface area contributed by atoms with Crippen LogP contribution in [0.25, 0.3) is 33.5 Å². The third-order valence-electron chi connectivity index (χ3n) is 8.15. The molecule has 0 saturated heterocycles. The van der Waals surface area contributed by atoms with Crippen molar-refractivity contribution in [3.8, 4) is 22.5 Å². The zero-order valence-electron chi connectivity index (χ0n) is 24.0. The van der Waals surface area contributed by atoms with Crippen molar-refractivity contribution in [1.29, 1.82) is 0 Å². The van der Waals surface area contributed by atoms with Crippen molar-refractivity contribution >= 4 is 11.0 Å². The number of hydrogen-bond acceptors (Lipinski definition) is 0. The summed E-state index contributed by atoms with van der Waals surface area (Å²) in [5.74, 6) is 0. The Hall–Kier alpha value is -4.52. The van der Waals surface area contributed by atoms with E-state index in [0.717, 1.165) is 22.4 Å². The van der Waals surface area contributed by atoms with Crippen LogP contribution in [0.1, 0.15) is 29.2 Å². The minimum atomic E-state index is -0.158. The molecule has 1 unspecified atom stereocenters. The molecule has 1 aromatic heterocycles. The normalized spacial score (nSPS) is 14.7. The second kappa shape index (κ2) is 12.0. The first-order valence-electron chi connectivity index (χ1n) is 14.2. The summed E-state index contributed by atoms with van der Waals surface area (Å²) in [5.41, 5.74) is 11.9. The van der Waals surface area contributed by atoms with Gasteiger partial charge in [0.25, 0.3) is 6.33 Å². The van der Waals surface area contributed by atoms with Crippen LogP contribution < -0.4 is 4.57 Å². The molecule has 0 bridgehead atoms. The van der Waals surface area contributed by atoms with E-state index in [1.807, 2.05) is 42.5 Å². The smallest absolute Gasteiger partial charge is 0.315 e. The number of benzene rings is 6. The summed E-state index contributed by atoms with van der Waals surface area (Å²) < 4.78 is 4.14. The van der Waals surface area contributed by atoms with E-state index in [1.165, 1.54) is 33.4 Å². The molecule has 6 aromatic carbocycles. The molecule has 0 fully saturated rings. The molecule has 7 aromatic rings. The molecular weight excluding hydrogens is 704 g/mol. The summed E-state index contributed by atoms with van der Waals surface area (Å²) >= 11 is 0. The largest absolute Gasteiger partial charge is 4.00 e. The molecule has 2 nitrogen and oxygen atoms in total. The predicted molar refractivity (Wildman–Crippen MR) is 169 cm³/mol. The number of para-hydroxylation sites is 3. The standard InChI is InChI=1S/C20H15N2.C20H14.Pt/c1-16-11-13-18(14-12-16)22-15-21(17-7-3-2-4-8-17)19-9-5-6-10-20(19)22;1-20(15-9-3-2-4-10-15)18-13-7-5-11-16(18)17-12-6-8-14-19(17)20;/h2-7,9-14H,1H3;2-9,11-13H,1H3;/q-1;-2;+4. The van der Waals surface area contributed by atoms with Crippen molar-refractivity contribution in [3.05, 3.63) is 186 Å². The van der Waals surface area contributed by atoms with Gasteiger partial charge in [-0.25, -0.2) is 0 Å².